The molecule has 0 atom stereocenters. The number of carbonyl (C=O) groups excluding carboxylic acids is 2. The molecule has 0 saturated heterocycles. The van der Waals surface area contributed by atoms with Crippen LogP contribution in [0, 0.1) is 0 Å². The number of nitrogens with zero attached hydrogens (tertiary/aromatic N) is 1. The number of methoxy groups -OCH3 is 2. The smallest absolute Gasteiger partial charge is 0.339 e. The van der Waals surface area contributed by atoms with E-state index in [-0.39, 0.29) is 5.91 Å². The van der Waals surface area contributed by atoms with Crippen molar-refractivity contribution in [1.82, 2.24) is 4.98 Å². The second-order valence-corrected chi connectivity index (χ2v) is 5.75. The maximum absolute atomic E-state index is 12.4. The van der Waals surface area contributed by atoms with Crippen LogP contribution in [0.4, 0.5) is 17.2 Å². The van der Waals surface area contributed by atoms with Gasteiger partial charge in [-0.15, -0.1) is 0 Å². The van der Waals surface area contributed by atoms with Crippen LogP contribution in [0.3, 0.4) is 0 Å². The molecule has 0 aliphatic heterocycles. The van der Waals surface area contributed by atoms with E-state index in [1.807, 2.05) is 0 Å². The van der Waals surface area contributed by atoms with Crippen molar-refractivity contribution in [3.63, 3.8) is 0 Å². The lowest BCUT2D eigenvalue weighted by molar-refractivity contribution is 0.0601. The highest BCUT2D eigenvalue weighted by Crippen LogP contribution is 2.22. The molecule has 2 N–H and O–H groups in total. The van der Waals surface area contributed by atoms with E-state index in [1.165, 1.54) is 20.4 Å². The second-order valence-electron chi connectivity index (χ2n) is 5.75. The SMILES string of the molecule is COC(=O)c1ccccc1Nc1ccc(NC(=O)c2ccccc2OC)cn1. The Labute approximate surface area is 162 Å². The molecule has 142 valence electrons. The molecule has 0 radical (unpaired) electrons. The largest absolute Gasteiger partial charge is 0.496 e. The number of nitrogens with one attached hydrogen (secondary N) is 2. The van der Waals surface area contributed by atoms with Crippen LogP contribution in [-0.2, 0) is 4.74 Å². The molecular weight excluding hydrogens is 358 g/mol. The topological polar surface area (TPSA) is 89.6 Å². The lowest BCUT2D eigenvalue weighted by Crippen LogP contribution is -2.13. The van der Waals surface area contributed by atoms with E-state index < -0.39 is 5.97 Å². The first-order chi connectivity index (χ1) is 13.6. The minimum atomic E-state index is -0.441. The molecule has 1 heterocycles. The van der Waals surface area contributed by atoms with Gasteiger partial charge in [-0.2, -0.15) is 0 Å². The van der Waals surface area contributed by atoms with Gasteiger partial charge < -0.3 is 20.1 Å². The molecule has 1 aromatic heterocycles. The van der Waals surface area contributed by atoms with Crippen molar-refractivity contribution < 1.29 is 19.1 Å². The third-order valence-corrected chi connectivity index (χ3v) is 3.97. The van der Waals surface area contributed by atoms with Crippen molar-refractivity contribution in [3.8, 4) is 5.75 Å². The molecule has 28 heavy (non-hydrogen) atoms. The maximum Gasteiger partial charge on any atom is 0.339 e. The minimum absolute atomic E-state index is 0.295. The van der Waals surface area contributed by atoms with Gasteiger partial charge >= 0.3 is 5.97 Å². The zero-order valence-corrected chi connectivity index (χ0v) is 15.4. The maximum atomic E-state index is 12.4. The number of anilines is 3. The fourth-order valence-electron chi connectivity index (χ4n) is 2.59. The van der Waals surface area contributed by atoms with E-state index in [4.69, 9.17) is 9.47 Å². The predicted molar refractivity (Wildman–Crippen MR) is 106 cm³/mol. The van der Waals surface area contributed by atoms with Gasteiger partial charge in [0.2, 0.25) is 0 Å². The van der Waals surface area contributed by atoms with Crippen molar-refractivity contribution in [2.45, 2.75) is 0 Å². The quantitative estimate of drug-likeness (QED) is 0.634. The van der Waals surface area contributed by atoms with Crippen LogP contribution in [-0.4, -0.2) is 31.1 Å². The van der Waals surface area contributed by atoms with Crippen molar-refractivity contribution in [1.29, 1.82) is 0 Å². The Balaban J connectivity index is 1.73. The molecule has 3 rings (SSSR count). The van der Waals surface area contributed by atoms with E-state index in [2.05, 4.69) is 15.6 Å². The van der Waals surface area contributed by atoms with E-state index in [0.29, 0.717) is 34.1 Å². The average Bonchev–Trinajstić information content (AvgIpc) is 2.75. The summed E-state index contributed by atoms with van der Waals surface area (Å²) in [6, 6.07) is 17.3. The number of hydrogen-bond donors (Lipinski definition) is 2. The molecule has 0 spiro atoms. The Hall–Kier alpha value is -3.87. The molecule has 1 amide bonds. The predicted octanol–water partition coefficient (Wildman–Crippen LogP) is 3.87. The lowest BCUT2D eigenvalue weighted by atomic mass is 10.2. The van der Waals surface area contributed by atoms with Gasteiger partial charge in [-0.05, 0) is 36.4 Å². The molecule has 7 heteroatoms. The van der Waals surface area contributed by atoms with Crippen LogP contribution in [0.5, 0.6) is 5.75 Å². The number of ether oxygens (including phenoxy) is 2. The Kier molecular flexibility index (Phi) is 5.86. The first-order valence-electron chi connectivity index (χ1n) is 8.47. The van der Waals surface area contributed by atoms with Crippen LogP contribution in [0.15, 0.2) is 66.9 Å². The standard InChI is InChI=1S/C21H19N3O4/c1-27-18-10-6-4-8-16(18)20(25)23-14-11-12-19(22-13-14)24-17-9-5-3-7-15(17)21(26)28-2/h3-13H,1-2H3,(H,22,24)(H,23,25). The Morgan fingerprint density at radius 1 is 0.893 bits per heavy atom. The van der Waals surface area contributed by atoms with Crippen LogP contribution in [0.1, 0.15) is 20.7 Å². The summed E-state index contributed by atoms with van der Waals surface area (Å²) in [6.45, 7) is 0. The van der Waals surface area contributed by atoms with Crippen molar-refractivity contribution in [2.24, 2.45) is 0 Å². The number of pyridine rings is 1. The van der Waals surface area contributed by atoms with E-state index >= 15 is 0 Å². The summed E-state index contributed by atoms with van der Waals surface area (Å²) in [5, 5.41) is 5.85. The van der Waals surface area contributed by atoms with Crippen molar-refractivity contribution >= 4 is 29.1 Å². The number of rotatable bonds is 6. The molecule has 0 fully saturated rings. The summed E-state index contributed by atoms with van der Waals surface area (Å²) in [5.41, 5.74) is 1.94. The molecule has 3 aromatic rings. The molecule has 0 bridgehead atoms. The molecule has 0 aliphatic carbocycles. The fraction of sp³-hybridized carbons (Fsp3) is 0.0952. The molecule has 0 aliphatic rings. The molecular formula is C21H19N3O4. The third kappa shape index (κ3) is 4.27. The number of benzene rings is 2. The summed E-state index contributed by atoms with van der Waals surface area (Å²) in [4.78, 5) is 28.6. The third-order valence-electron chi connectivity index (χ3n) is 3.97. The molecule has 2 aromatic carbocycles. The molecule has 7 nitrogen and oxygen atoms in total. The van der Waals surface area contributed by atoms with Gasteiger partial charge in [-0.25, -0.2) is 9.78 Å². The summed E-state index contributed by atoms with van der Waals surface area (Å²) in [6.07, 6.45) is 1.52. The van der Waals surface area contributed by atoms with Gasteiger partial charge in [0.1, 0.15) is 11.6 Å². The highest BCUT2D eigenvalue weighted by atomic mass is 16.5. The van der Waals surface area contributed by atoms with E-state index in [0.717, 1.165) is 0 Å². The highest BCUT2D eigenvalue weighted by molar-refractivity contribution is 6.06. The monoisotopic (exact) mass is 377 g/mol. The van der Waals surface area contributed by atoms with Crippen LogP contribution >= 0.6 is 0 Å². The minimum Gasteiger partial charge on any atom is -0.496 e. The number of amides is 1. The summed E-state index contributed by atoms with van der Waals surface area (Å²) in [5.74, 6) is 0.275. The van der Waals surface area contributed by atoms with Crippen LogP contribution < -0.4 is 15.4 Å². The Morgan fingerprint density at radius 3 is 2.29 bits per heavy atom. The fourth-order valence-corrected chi connectivity index (χ4v) is 2.59. The van der Waals surface area contributed by atoms with Gasteiger partial charge in [-0.3, -0.25) is 4.79 Å². The lowest BCUT2D eigenvalue weighted by Gasteiger charge is -2.11. The highest BCUT2D eigenvalue weighted by Gasteiger charge is 2.13. The van der Waals surface area contributed by atoms with Gasteiger partial charge in [-0.1, -0.05) is 24.3 Å². The average molecular weight is 377 g/mol. The van der Waals surface area contributed by atoms with Gasteiger partial charge in [0.25, 0.3) is 5.91 Å². The number of esters is 1. The number of para-hydroxylation sites is 2. The van der Waals surface area contributed by atoms with Crippen molar-refractivity contribution in [3.05, 3.63) is 78.0 Å². The first kappa shape index (κ1) is 18.9. The normalized spacial score (nSPS) is 10.1. The number of carbonyl (C=O) groups is 2. The second kappa shape index (κ2) is 8.68. The zero-order chi connectivity index (χ0) is 19.9. The number of hydrogen-bond acceptors (Lipinski definition) is 6. The molecule has 0 saturated carbocycles. The Morgan fingerprint density at radius 2 is 1.61 bits per heavy atom. The molecule has 0 unspecified atom stereocenters. The number of aromatic nitrogens is 1. The van der Waals surface area contributed by atoms with Gasteiger partial charge in [0.05, 0.1) is 42.9 Å². The van der Waals surface area contributed by atoms with E-state index in [1.54, 1.807) is 60.7 Å². The van der Waals surface area contributed by atoms with Crippen LogP contribution in [0.2, 0.25) is 0 Å². The summed E-state index contributed by atoms with van der Waals surface area (Å²) in [7, 11) is 2.84. The van der Waals surface area contributed by atoms with Crippen molar-refractivity contribution in [2.75, 3.05) is 24.9 Å². The summed E-state index contributed by atoms with van der Waals surface area (Å²) < 4.78 is 9.99. The summed E-state index contributed by atoms with van der Waals surface area (Å²) >= 11 is 0. The van der Waals surface area contributed by atoms with E-state index in [9.17, 15) is 9.59 Å². The zero-order valence-electron chi connectivity index (χ0n) is 15.4. The Bertz CT molecular complexity index is 987. The first-order valence-corrected chi connectivity index (χ1v) is 8.47. The van der Waals surface area contributed by atoms with Gasteiger partial charge in [0, 0.05) is 0 Å². The van der Waals surface area contributed by atoms with Crippen LogP contribution in [0.25, 0.3) is 0 Å². The van der Waals surface area contributed by atoms with Gasteiger partial charge in [0.15, 0.2) is 0 Å².